The fourth-order valence-corrected chi connectivity index (χ4v) is 3.13. The maximum absolute atomic E-state index is 10.3. The van der Waals surface area contributed by atoms with Gasteiger partial charge in [-0.2, -0.15) is 0 Å². The van der Waals surface area contributed by atoms with Gasteiger partial charge in [-0.25, -0.2) is 0 Å². The number of ether oxygens (including phenoxy) is 2. The molecule has 0 heterocycles. The molecule has 0 fully saturated rings. The summed E-state index contributed by atoms with van der Waals surface area (Å²) in [5.74, 6) is 1.60. The van der Waals surface area contributed by atoms with Crippen molar-refractivity contribution in [3.63, 3.8) is 0 Å². The van der Waals surface area contributed by atoms with E-state index in [2.05, 4.69) is 23.1 Å². The van der Waals surface area contributed by atoms with Gasteiger partial charge in [0.25, 0.3) is 0 Å². The van der Waals surface area contributed by atoms with Crippen molar-refractivity contribution in [2.45, 2.75) is 12.6 Å². The van der Waals surface area contributed by atoms with Gasteiger partial charge in [0.15, 0.2) is 0 Å². The molecule has 0 amide bonds. The Morgan fingerprint density at radius 2 is 1.57 bits per heavy atom. The van der Waals surface area contributed by atoms with Crippen LogP contribution in [0.5, 0.6) is 11.5 Å². The monoisotopic (exact) mass is 377 g/mol. The van der Waals surface area contributed by atoms with Gasteiger partial charge in [-0.1, -0.05) is 54.6 Å². The van der Waals surface area contributed by atoms with Crippen LogP contribution < -0.4 is 9.47 Å². The third kappa shape index (κ3) is 5.84. The lowest BCUT2D eigenvalue weighted by Crippen LogP contribution is -2.32. The molecular formula is C24H27NO3. The number of benzene rings is 3. The average molecular weight is 377 g/mol. The van der Waals surface area contributed by atoms with Crippen LogP contribution in [0.4, 0.5) is 0 Å². The molecule has 146 valence electrons. The van der Waals surface area contributed by atoms with Crippen LogP contribution in [0.25, 0.3) is 11.1 Å². The van der Waals surface area contributed by atoms with Gasteiger partial charge in [0, 0.05) is 13.1 Å². The number of hydrogen-bond donors (Lipinski definition) is 1. The van der Waals surface area contributed by atoms with Gasteiger partial charge in [-0.05, 0) is 48.0 Å². The third-order valence-corrected chi connectivity index (χ3v) is 4.51. The molecular weight excluding hydrogens is 350 g/mol. The fraction of sp³-hybridized carbons (Fsp3) is 0.250. The molecule has 0 unspecified atom stereocenters. The van der Waals surface area contributed by atoms with E-state index in [0.717, 1.165) is 29.2 Å². The van der Waals surface area contributed by atoms with E-state index in [9.17, 15) is 5.11 Å². The second-order valence-corrected chi connectivity index (χ2v) is 6.90. The number of likely N-dealkylation sites (N-methyl/N-ethyl adjacent to an activating group) is 1. The summed E-state index contributed by atoms with van der Waals surface area (Å²) in [4.78, 5) is 2.07. The second kappa shape index (κ2) is 9.93. The maximum atomic E-state index is 10.3. The van der Waals surface area contributed by atoms with Crippen molar-refractivity contribution in [3.05, 3.63) is 84.4 Å². The molecule has 4 nitrogen and oxygen atoms in total. The van der Waals surface area contributed by atoms with E-state index in [1.165, 1.54) is 5.56 Å². The Bertz CT molecular complexity index is 849. The summed E-state index contributed by atoms with van der Waals surface area (Å²) < 4.78 is 11.0. The quantitative estimate of drug-likeness (QED) is 0.606. The summed E-state index contributed by atoms with van der Waals surface area (Å²) in [5, 5.41) is 10.3. The van der Waals surface area contributed by atoms with Crippen LogP contribution in [0.3, 0.4) is 0 Å². The molecule has 0 aliphatic heterocycles. The summed E-state index contributed by atoms with van der Waals surface area (Å²) in [6.45, 7) is 1.52. The van der Waals surface area contributed by atoms with Crippen LogP contribution in [-0.2, 0) is 6.54 Å². The maximum Gasteiger partial charge on any atom is 0.119 e. The summed E-state index contributed by atoms with van der Waals surface area (Å²) in [5.41, 5.74) is 3.46. The first-order chi connectivity index (χ1) is 13.6. The van der Waals surface area contributed by atoms with Gasteiger partial charge in [-0.3, -0.25) is 4.90 Å². The van der Waals surface area contributed by atoms with E-state index in [0.29, 0.717) is 6.54 Å². The van der Waals surface area contributed by atoms with Crippen molar-refractivity contribution in [3.8, 4) is 22.6 Å². The Hall–Kier alpha value is -2.82. The molecule has 3 aromatic carbocycles. The lowest BCUT2D eigenvalue weighted by atomic mass is 10.1. The number of aliphatic hydroxyl groups excluding tert-OH is 1. The SMILES string of the molecule is COc1cccc(CN(C)C[C@@H](O)COc2ccc(-c3ccccc3)cc2)c1. The Balaban J connectivity index is 1.46. The number of hydrogen-bond acceptors (Lipinski definition) is 4. The first kappa shape index (κ1) is 19.9. The van der Waals surface area contributed by atoms with Gasteiger partial charge < -0.3 is 14.6 Å². The predicted octanol–water partition coefficient (Wildman–Crippen LogP) is 4.23. The van der Waals surface area contributed by atoms with Gasteiger partial charge in [0.05, 0.1) is 7.11 Å². The van der Waals surface area contributed by atoms with E-state index in [4.69, 9.17) is 9.47 Å². The number of rotatable bonds is 9. The topological polar surface area (TPSA) is 41.9 Å². The van der Waals surface area contributed by atoms with E-state index in [-0.39, 0.29) is 6.61 Å². The molecule has 1 N–H and O–H groups in total. The smallest absolute Gasteiger partial charge is 0.119 e. The highest BCUT2D eigenvalue weighted by Gasteiger charge is 2.10. The van der Waals surface area contributed by atoms with E-state index in [1.54, 1.807) is 7.11 Å². The number of methoxy groups -OCH3 is 1. The Labute approximate surface area is 167 Å². The largest absolute Gasteiger partial charge is 0.497 e. The Morgan fingerprint density at radius 1 is 0.857 bits per heavy atom. The van der Waals surface area contributed by atoms with E-state index in [1.807, 2.05) is 67.7 Å². The molecule has 0 aliphatic rings. The van der Waals surface area contributed by atoms with Gasteiger partial charge in [0.2, 0.25) is 0 Å². The van der Waals surface area contributed by atoms with Crippen LogP contribution >= 0.6 is 0 Å². The van der Waals surface area contributed by atoms with E-state index >= 15 is 0 Å². The molecule has 0 radical (unpaired) electrons. The first-order valence-electron chi connectivity index (χ1n) is 9.42. The Morgan fingerprint density at radius 3 is 2.29 bits per heavy atom. The molecule has 0 saturated heterocycles. The molecule has 3 aromatic rings. The Kier molecular flexibility index (Phi) is 7.06. The molecule has 0 aliphatic carbocycles. The van der Waals surface area contributed by atoms with Crippen molar-refractivity contribution >= 4 is 0 Å². The zero-order chi connectivity index (χ0) is 19.8. The minimum atomic E-state index is -0.565. The first-order valence-corrected chi connectivity index (χ1v) is 9.42. The minimum absolute atomic E-state index is 0.257. The highest BCUT2D eigenvalue weighted by atomic mass is 16.5. The molecule has 3 rings (SSSR count). The van der Waals surface area contributed by atoms with Crippen molar-refractivity contribution in [1.82, 2.24) is 4.90 Å². The zero-order valence-corrected chi connectivity index (χ0v) is 16.4. The van der Waals surface area contributed by atoms with Crippen LogP contribution in [-0.4, -0.2) is 43.4 Å². The van der Waals surface area contributed by atoms with Crippen LogP contribution in [0.2, 0.25) is 0 Å². The van der Waals surface area contributed by atoms with E-state index < -0.39 is 6.10 Å². The van der Waals surface area contributed by atoms with Crippen molar-refractivity contribution in [1.29, 1.82) is 0 Å². The lowest BCUT2D eigenvalue weighted by molar-refractivity contribution is 0.0744. The van der Waals surface area contributed by atoms with Crippen molar-refractivity contribution < 1.29 is 14.6 Å². The summed E-state index contributed by atoms with van der Waals surface area (Å²) in [6, 6.07) is 26.1. The standard InChI is InChI=1S/C24H27NO3/c1-25(16-19-7-6-10-24(15-19)27-2)17-22(26)18-28-23-13-11-21(12-14-23)20-8-4-3-5-9-20/h3-15,22,26H,16-18H2,1-2H3/t22-/m1/s1. The zero-order valence-electron chi connectivity index (χ0n) is 16.4. The van der Waals surface area contributed by atoms with Crippen LogP contribution in [0.1, 0.15) is 5.56 Å². The van der Waals surface area contributed by atoms with Crippen molar-refractivity contribution in [2.24, 2.45) is 0 Å². The average Bonchev–Trinajstić information content (AvgIpc) is 2.73. The summed E-state index contributed by atoms with van der Waals surface area (Å²) >= 11 is 0. The molecule has 0 aromatic heterocycles. The molecule has 1 atom stereocenters. The molecule has 0 spiro atoms. The van der Waals surface area contributed by atoms with Crippen molar-refractivity contribution in [2.75, 3.05) is 27.3 Å². The molecule has 4 heteroatoms. The molecule has 0 saturated carbocycles. The summed E-state index contributed by atoms with van der Waals surface area (Å²) in [6.07, 6.45) is -0.565. The minimum Gasteiger partial charge on any atom is -0.497 e. The van der Waals surface area contributed by atoms with Gasteiger partial charge in [0.1, 0.15) is 24.2 Å². The van der Waals surface area contributed by atoms with Crippen LogP contribution in [0, 0.1) is 0 Å². The fourth-order valence-electron chi connectivity index (χ4n) is 3.13. The van der Waals surface area contributed by atoms with Gasteiger partial charge >= 0.3 is 0 Å². The highest BCUT2D eigenvalue weighted by molar-refractivity contribution is 5.63. The lowest BCUT2D eigenvalue weighted by Gasteiger charge is -2.21. The second-order valence-electron chi connectivity index (χ2n) is 6.90. The highest BCUT2D eigenvalue weighted by Crippen LogP contribution is 2.22. The molecule has 28 heavy (non-hydrogen) atoms. The molecule has 0 bridgehead atoms. The normalized spacial score (nSPS) is 12.0. The van der Waals surface area contributed by atoms with Crippen LogP contribution in [0.15, 0.2) is 78.9 Å². The number of aliphatic hydroxyl groups is 1. The van der Waals surface area contributed by atoms with Gasteiger partial charge in [-0.15, -0.1) is 0 Å². The third-order valence-electron chi connectivity index (χ3n) is 4.51. The summed E-state index contributed by atoms with van der Waals surface area (Å²) in [7, 11) is 3.65. The predicted molar refractivity (Wildman–Crippen MR) is 113 cm³/mol. The number of nitrogens with zero attached hydrogens (tertiary/aromatic N) is 1.